The van der Waals surface area contributed by atoms with Crippen molar-refractivity contribution in [1.82, 2.24) is 10.3 Å². The summed E-state index contributed by atoms with van der Waals surface area (Å²) in [5.74, 6) is 0.360. The third-order valence-corrected chi connectivity index (χ3v) is 3.46. The summed E-state index contributed by atoms with van der Waals surface area (Å²) in [4.78, 5) is 16.1. The van der Waals surface area contributed by atoms with E-state index in [0.717, 1.165) is 9.99 Å². The van der Waals surface area contributed by atoms with Crippen LogP contribution in [0.3, 0.4) is 0 Å². The predicted molar refractivity (Wildman–Crippen MR) is 74.0 cm³/mol. The Labute approximate surface area is 110 Å². The average Bonchev–Trinajstić information content (AvgIpc) is 2.25. The first-order chi connectivity index (χ1) is 7.56. The second-order valence-corrected chi connectivity index (χ2v) is 5.03. The second-order valence-electron chi connectivity index (χ2n) is 4.15. The lowest BCUT2D eigenvalue weighted by molar-refractivity contribution is 0.0926. The van der Waals surface area contributed by atoms with Crippen LogP contribution < -0.4 is 5.32 Å². The number of carbonyl (C=O) groups is 1. The number of carbonyl (C=O) groups excluding carboxylic acids is 1. The van der Waals surface area contributed by atoms with Gasteiger partial charge in [0, 0.05) is 16.7 Å². The van der Waals surface area contributed by atoms with Crippen LogP contribution in [-0.4, -0.2) is 21.4 Å². The molecule has 0 saturated carbocycles. The highest BCUT2D eigenvalue weighted by Crippen LogP contribution is 2.08. The van der Waals surface area contributed by atoms with Gasteiger partial charge in [-0.1, -0.05) is 42.5 Å². The predicted octanol–water partition coefficient (Wildman–Crippen LogP) is 2.58. The first-order valence-electron chi connectivity index (χ1n) is 5.34. The molecular formula is C12H17IN2O. The molecule has 0 radical (unpaired) electrons. The molecule has 0 aliphatic carbocycles. The summed E-state index contributed by atoms with van der Waals surface area (Å²) in [5, 5.41) is 3.01. The molecule has 1 rings (SSSR count). The van der Waals surface area contributed by atoms with Gasteiger partial charge in [0.05, 0.1) is 0 Å². The van der Waals surface area contributed by atoms with Crippen molar-refractivity contribution in [3.63, 3.8) is 0 Å². The van der Waals surface area contributed by atoms with E-state index in [0.29, 0.717) is 11.6 Å². The van der Waals surface area contributed by atoms with Crippen LogP contribution in [-0.2, 0) is 0 Å². The fourth-order valence-corrected chi connectivity index (χ4v) is 2.58. The van der Waals surface area contributed by atoms with E-state index in [1.54, 1.807) is 6.20 Å². The SMILES string of the molecule is Cc1cccnc1C(=O)NC(CI)C(C)C. The molecule has 0 aliphatic heterocycles. The molecule has 0 aliphatic rings. The van der Waals surface area contributed by atoms with E-state index in [9.17, 15) is 4.79 Å². The van der Waals surface area contributed by atoms with E-state index in [2.05, 4.69) is 46.7 Å². The monoisotopic (exact) mass is 332 g/mol. The topological polar surface area (TPSA) is 42.0 Å². The first-order valence-corrected chi connectivity index (χ1v) is 6.87. The van der Waals surface area contributed by atoms with Crippen molar-refractivity contribution in [2.75, 3.05) is 4.43 Å². The molecule has 16 heavy (non-hydrogen) atoms. The maximum Gasteiger partial charge on any atom is 0.270 e. The number of hydrogen-bond acceptors (Lipinski definition) is 2. The van der Waals surface area contributed by atoms with Crippen LogP contribution in [0.5, 0.6) is 0 Å². The Balaban J connectivity index is 2.76. The number of amides is 1. The molecule has 0 fully saturated rings. The van der Waals surface area contributed by atoms with Gasteiger partial charge in [-0.3, -0.25) is 9.78 Å². The number of pyridine rings is 1. The van der Waals surface area contributed by atoms with Crippen molar-refractivity contribution in [3.8, 4) is 0 Å². The van der Waals surface area contributed by atoms with Gasteiger partial charge < -0.3 is 5.32 Å². The van der Waals surface area contributed by atoms with E-state index in [-0.39, 0.29) is 11.9 Å². The normalized spacial score (nSPS) is 12.6. The highest BCUT2D eigenvalue weighted by molar-refractivity contribution is 14.1. The molecule has 1 unspecified atom stereocenters. The van der Waals surface area contributed by atoms with Crippen molar-refractivity contribution < 1.29 is 4.79 Å². The van der Waals surface area contributed by atoms with Crippen molar-refractivity contribution in [1.29, 1.82) is 0 Å². The fourth-order valence-electron chi connectivity index (χ4n) is 1.34. The zero-order chi connectivity index (χ0) is 12.1. The number of aryl methyl sites for hydroxylation is 1. The molecule has 0 saturated heterocycles. The summed E-state index contributed by atoms with van der Waals surface area (Å²) in [6.45, 7) is 6.11. The van der Waals surface area contributed by atoms with Gasteiger partial charge in [-0.2, -0.15) is 0 Å². The van der Waals surface area contributed by atoms with Crippen LogP contribution in [0.4, 0.5) is 0 Å². The number of alkyl halides is 1. The Hall–Kier alpha value is -0.650. The van der Waals surface area contributed by atoms with Crippen molar-refractivity contribution in [3.05, 3.63) is 29.6 Å². The largest absolute Gasteiger partial charge is 0.347 e. The minimum absolute atomic E-state index is 0.0755. The van der Waals surface area contributed by atoms with Gasteiger partial charge in [-0.15, -0.1) is 0 Å². The van der Waals surface area contributed by atoms with Crippen LogP contribution in [0, 0.1) is 12.8 Å². The summed E-state index contributed by atoms with van der Waals surface area (Å²) >= 11 is 2.29. The molecule has 1 heterocycles. The second kappa shape index (κ2) is 6.18. The van der Waals surface area contributed by atoms with Crippen molar-refractivity contribution in [2.45, 2.75) is 26.8 Å². The van der Waals surface area contributed by atoms with Crippen LogP contribution >= 0.6 is 22.6 Å². The molecular weight excluding hydrogens is 315 g/mol. The molecule has 1 amide bonds. The summed E-state index contributed by atoms with van der Waals surface area (Å²) in [6, 6.07) is 3.94. The average molecular weight is 332 g/mol. The summed E-state index contributed by atoms with van der Waals surface area (Å²) < 4.78 is 0.910. The Bertz CT molecular complexity index is 366. The van der Waals surface area contributed by atoms with E-state index in [4.69, 9.17) is 0 Å². The Morgan fingerprint density at radius 3 is 2.75 bits per heavy atom. The van der Waals surface area contributed by atoms with E-state index in [1.807, 2.05) is 19.1 Å². The lowest BCUT2D eigenvalue weighted by Crippen LogP contribution is -2.40. The summed E-state index contributed by atoms with van der Waals surface area (Å²) in [6.07, 6.45) is 1.65. The van der Waals surface area contributed by atoms with Gasteiger partial charge in [-0.05, 0) is 24.5 Å². The molecule has 0 aromatic carbocycles. The number of halogens is 1. The molecule has 0 bridgehead atoms. The molecule has 1 N–H and O–H groups in total. The highest BCUT2D eigenvalue weighted by atomic mass is 127. The number of aromatic nitrogens is 1. The number of nitrogens with zero attached hydrogens (tertiary/aromatic N) is 1. The van der Waals surface area contributed by atoms with E-state index < -0.39 is 0 Å². The standard InChI is InChI=1S/C12H17IN2O/c1-8(2)10(7-13)15-12(16)11-9(3)5-4-6-14-11/h4-6,8,10H,7H2,1-3H3,(H,15,16). The van der Waals surface area contributed by atoms with Crippen LogP contribution in [0.25, 0.3) is 0 Å². The van der Waals surface area contributed by atoms with Crippen molar-refractivity contribution >= 4 is 28.5 Å². The lowest BCUT2D eigenvalue weighted by Gasteiger charge is -2.20. The van der Waals surface area contributed by atoms with Crippen LogP contribution in [0.2, 0.25) is 0 Å². The minimum atomic E-state index is -0.0755. The third kappa shape index (κ3) is 3.43. The number of nitrogens with one attached hydrogen (secondary N) is 1. The summed E-state index contributed by atoms with van der Waals surface area (Å²) in [7, 11) is 0. The molecule has 4 heteroatoms. The Kier molecular flexibility index (Phi) is 5.18. The molecule has 88 valence electrons. The molecule has 1 atom stereocenters. The van der Waals surface area contributed by atoms with E-state index >= 15 is 0 Å². The van der Waals surface area contributed by atoms with Gasteiger partial charge in [0.15, 0.2) is 0 Å². The molecule has 0 spiro atoms. The highest BCUT2D eigenvalue weighted by Gasteiger charge is 2.17. The van der Waals surface area contributed by atoms with Gasteiger partial charge in [0.2, 0.25) is 0 Å². The van der Waals surface area contributed by atoms with Crippen LogP contribution in [0.15, 0.2) is 18.3 Å². The van der Waals surface area contributed by atoms with Crippen LogP contribution in [0.1, 0.15) is 29.9 Å². The zero-order valence-corrected chi connectivity index (χ0v) is 12.0. The maximum absolute atomic E-state index is 12.0. The minimum Gasteiger partial charge on any atom is -0.347 e. The Morgan fingerprint density at radius 1 is 1.56 bits per heavy atom. The third-order valence-electron chi connectivity index (χ3n) is 2.51. The molecule has 1 aromatic rings. The first kappa shape index (κ1) is 13.4. The summed E-state index contributed by atoms with van der Waals surface area (Å²) in [5.41, 5.74) is 1.44. The van der Waals surface area contributed by atoms with Gasteiger partial charge >= 0.3 is 0 Å². The Morgan fingerprint density at radius 2 is 2.25 bits per heavy atom. The lowest BCUT2D eigenvalue weighted by atomic mass is 10.1. The molecule has 3 nitrogen and oxygen atoms in total. The van der Waals surface area contributed by atoms with Crippen molar-refractivity contribution in [2.24, 2.45) is 5.92 Å². The number of rotatable bonds is 4. The number of hydrogen-bond donors (Lipinski definition) is 1. The fraction of sp³-hybridized carbons (Fsp3) is 0.500. The van der Waals surface area contributed by atoms with Gasteiger partial charge in [-0.25, -0.2) is 0 Å². The quantitative estimate of drug-likeness (QED) is 0.680. The molecule has 1 aromatic heterocycles. The maximum atomic E-state index is 12.0. The smallest absolute Gasteiger partial charge is 0.270 e. The van der Waals surface area contributed by atoms with Gasteiger partial charge in [0.1, 0.15) is 5.69 Å². The van der Waals surface area contributed by atoms with E-state index in [1.165, 1.54) is 0 Å². The zero-order valence-electron chi connectivity index (χ0n) is 9.83. The van der Waals surface area contributed by atoms with Gasteiger partial charge in [0.25, 0.3) is 5.91 Å².